The summed E-state index contributed by atoms with van der Waals surface area (Å²) in [5.74, 6) is -0.118. The molecule has 0 aromatic carbocycles. The van der Waals surface area contributed by atoms with Crippen molar-refractivity contribution in [3.05, 3.63) is 23.8 Å². The van der Waals surface area contributed by atoms with Crippen molar-refractivity contribution < 1.29 is 24.6 Å². The third-order valence-corrected chi connectivity index (χ3v) is 2.13. The Balaban J connectivity index is 1.80. The maximum Gasteiger partial charge on any atom is 0.533 e. The zero-order valence-corrected chi connectivity index (χ0v) is 10.4. The summed E-state index contributed by atoms with van der Waals surface area (Å²) in [7, 11) is 0. The van der Waals surface area contributed by atoms with Gasteiger partial charge in [0.1, 0.15) is 6.61 Å². The topological polar surface area (TPSA) is 132 Å². The van der Waals surface area contributed by atoms with Crippen LogP contribution in [0.25, 0.3) is 0 Å². The molecule has 2 N–H and O–H groups in total. The van der Waals surface area contributed by atoms with E-state index in [1.165, 1.54) is 0 Å². The fourth-order valence-corrected chi connectivity index (χ4v) is 1.22. The van der Waals surface area contributed by atoms with Crippen LogP contribution in [0.4, 0.5) is 4.79 Å². The first kappa shape index (κ1) is 13.5. The van der Waals surface area contributed by atoms with Crippen LogP contribution in [0.1, 0.15) is 11.6 Å². The van der Waals surface area contributed by atoms with E-state index in [1.54, 1.807) is 6.92 Å². The molecule has 2 aromatic heterocycles. The van der Waals surface area contributed by atoms with Crippen LogP contribution < -0.4 is 4.84 Å². The Labute approximate surface area is 112 Å². The number of aromatic hydroxyl groups is 2. The van der Waals surface area contributed by atoms with Crippen molar-refractivity contribution in [1.82, 2.24) is 25.1 Å². The average Bonchev–Trinajstić information content (AvgIpc) is 2.73. The van der Waals surface area contributed by atoms with E-state index in [-0.39, 0.29) is 13.0 Å². The zero-order chi connectivity index (χ0) is 14.5. The van der Waals surface area contributed by atoms with Crippen molar-refractivity contribution in [2.75, 3.05) is 6.61 Å². The van der Waals surface area contributed by atoms with Gasteiger partial charge in [0.05, 0.1) is 0 Å². The summed E-state index contributed by atoms with van der Waals surface area (Å²) in [5, 5.41) is 33.4. The molecule has 20 heavy (non-hydrogen) atoms. The summed E-state index contributed by atoms with van der Waals surface area (Å²) < 4.78 is 5.24. The van der Waals surface area contributed by atoms with Gasteiger partial charge in [-0.2, -0.15) is 0 Å². The van der Waals surface area contributed by atoms with Crippen molar-refractivity contribution in [3.8, 4) is 11.8 Å². The molecule has 0 fully saturated rings. The number of carbonyl (C=O) groups excluding carboxylic acids is 1. The summed E-state index contributed by atoms with van der Waals surface area (Å²) in [6, 6.07) is 2.31. The molecule has 0 radical (unpaired) electrons. The molecule has 10 nitrogen and oxygen atoms in total. The van der Waals surface area contributed by atoms with Crippen molar-refractivity contribution in [2.45, 2.75) is 13.3 Å². The van der Waals surface area contributed by atoms with E-state index >= 15 is 0 Å². The molecule has 0 saturated carbocycles. The molecular weight excluding hydrogens is 270 g/mol. The Kier molecular flexibility index (Phi) is 3.93. The fraction of sp³-hybridized carbons (Fsp3) is 0.300. The second kappa shape index (κ2) is 5.82. The molecule has 0 spiro atoms. The highest BCUT2D eigenvalue weighted by molar-refractivity contribution is 5.60. The second-order valence-corrected chi connectivity index (χ2v) is 3.65. The van der Waals surface area contributed by atoms with E-state index in [2.05, 4.69) is 25.2 Å². The average molecular weight is 281 g/mol. The molecule has 0 saturated heterocycles. The lowest BCUT2D eigenvalue weighted by Gasteiger charge is -2.06. The third-order valence-electron chi connectivity index (χ3n) is 2.13. The number of hydrogen-bond acceptors (Lipinski definition) is 9. The largest absolute Gasteiger partial charge is 0.533 e. The highest BCUT2D eigenvalue weighted by atomic mass is 16.8. The van der Waals surface area contributed by atoms with Gasteiger partial charge >= 0.3 is 6.16 Å². The minimum Gasteiger partial charge on any atom is -0.492 e. The quantitative estimate of drug-likeness (QED) is 0.717. The standard InChI is InChI=1S/C10H11N5O5/c1-6-11-13-7(14-12-6)4-5-19-10(18)20-15-8(16)2-3-9(15)17/h2-3,16-17H,4-5H2,1H3. The Bertz CT molecular complexity index is 577. The first-order valence-electron chi connectivity index (χ1n) is 5.54. The van der Waals surface area contributed by atoms with Crippen LogP contribution in [0.2, 0.25) is 0 Å². The SMILES string of the molecule is Cc1nnc(CCOC(=O)On2c(O)ccc2O)nn1. The van der Waals surface area contributed by atoms with Crippen LogP contribution in [0.5, 0.6) is 11.8 Å². The number of aryl methyl sites for hydroxylation is 1. The highest BCUT2D eigenvalue weighted by Crippen LogP contribution is 2.18. The molecule has 106 valence electrons. The van der Waals surface area contributed by atoms with Gasteiger partial charge in [-0.25, -0.2) is 4.79 Å². The number of aromatic nitrogens is 5. The van der Waals surface area contributed by atoms with Crippen LogP contribution >= 0.6 is 0 Å². The predicted octanol–water partition coefficient (Wildman–Crippen LogP) is -0.404. The molecule has 0 bridgehead atoms. The van der Waals surface area contributed by atoms with Crippen LogP contribution in [0, 0.1) is 6.92 Å². The van der Waals surface area contributed by atoms with Gasteiger partial charge in [-0.15, -0.1) is 25.1 Å². The molecule has 0 aliphatic carbocycles. The van der Waals surface area contributed by atoms with E-state index in [4.69, 9.17) is 4.74 Å². The van der Waals surface area contributed by atoms with Crippen LogP contribution in [0.15, 0.2) is 12.1 Å². The third kappa shape index (κ3) is 3.31. The molecule has 2 heterocycles. The van der Waals surface area contributed by atoms with Crippen molar-refractivity contribution in [3.63, 3.8) is 0 Å². The summed E-state index contributed by atoms with van der Waals surface area (Å²) in [4.78, 5) is 15.9. The number of nitrogens with zero attached hydrogens (tertiary/aromatic N) is 5. The van der Waals surface area contributed by atoms with E-state index in [1.807, 2.05) is 0 Å². The minimum atomic E-state index is -1.10. The van der Waals surface area contributed by atoms with Crippen LogP contribution in [-0.4, -0.2) is 48.1 Å². The molecule has 2 aromatic rings. The van der Waals surface area contributed by atoms with Gasteiger partial charge in [0.2, 0.25) is 11.8 Å². The number of ether oxygens (including phenoxy) is 1. The first-order valence-corrected chi connectivity index (χ1v) is 5.54. The van der Waals surface area contributed by atoms with Crippen molar-refractivity contribution in [1.29, 1.82) is 0 Å². The summed E-state index contributed by atoms with van der Waals surface area (Å²) in [5.41, 5.74) is 0. The summed E-state index contributed by atoms with van der Waals surface area (Å²) >= 11 is 0. The van der Waals surface area contributed by atoms with Gasteiger partial charge in [-0.3, -0.25) is 4.84 Å². The van der Waals surface area contributed by atoms with E-state index in [0.717, 1.165) is 12.1 Å². The van der Waals surface area contributed by atoms with Crippen LogP contribution in [-0.2, 0) is 11.2 Å². The highest BCUT2D eigenvalue weighted by Gasteiger charge is 2.13. The predicted molar refractivity (Wildman–Crippen MR) is 61.8 cm³/mol. The van der Waals surface area contributed by atoms with E-state index < -0.39 is 17.9 Å². The molecular formula is C10H11N5O5. The molecule has 10 heteroatoms. The lowest BCUT2D eigenvalue weighted by molar-refractivity contribution is 0.0359. The fourth-order valence-electron chi connectivity index (χ4n) is 1.22. The zero-order valence-electron chi connectivity index (χ0n) is 10.4. The van der Waals surface area contributed by atoms with Crippen molar-refractivity contribution >= 4 is 6.16 Å². The molecule has 2 rings (SSSR count). The maximum absolute atomic E-state index is 11.3. The Morgan fingerprint density at radius 3 is 2.40 bits per heavy atom. The number of hydrogen-bond donors (Lipinski definition) is 2. The Hall–Kier alpha value is -2.91. The normalized spacial score (nSPS) is 10.2. The van der Waals surface area contributed by atoms with E-state index in [9.17, 15) is 15.0 Å². The van der Waals surface area contributed by atoms with Gasteiger partial charge in [0.25, 0.3) is 0 Å². The second-order valence-electron chi connectivity index (χ2n) is 3.65. The van der Waals surface area contributed by atoms with E-state index in [0.29, 0.717) is 16.4 Å². The maximum atomic E-state index is 11.3. The van der Waals surface area contributed by atoms with Gasteiger partial charge < -0.3 is 14.9 Å². The molecule has 0 unspecified atom stereocenters. The smallest absolute Gasteiger partial charge is 0.492 e. The van der Waals surface area contributed by atoms with Crippen LogP contribution in [0.3, 0.4) is 0 Å². The van der Waals surface area contributed by atoms with Gasteiger partial charge in [0, 0.05) is 18.6 Å². The Morgan fingerprint density at radius 2 is 1.80 bits per heavy atom. The molecule has 0 atom stereocenters. The summed E-state index contributed by atoms with van der Waals surface area (Å²) in [6.45, 7) is 1.59. The molecule has 0 amide bonds. The Morgan fingerprint density at radius 1 is 1.20 bits per heavy atom. The first-order chi connectivity index (χ1) is 9.56. The lowest BCUT2D eigenvalue weighted by Crippen LogP contribution is -2.21. The van der Waals surface area contributed by atoms with Crippen molar-refractivity contribution in [2.24, 2.45) is 0 Å². The van der Waals surface area contributed by atoms with Gasteiger partial charge in [0.15, 0.2) is 11.6 Å². The molecule has 0 aliphatic rings. The lowest BCUT2D eigenvalue weighted by atomic mass is 10.4. The summed E-state index contributed by atoms with van der Waals surface area (Å²) in [6.07, 6.45) is -0.890. The number of rotatable bonds is 4. The van der Waals surface area contributed by atoms with Gasteiger partial charge in [-0.1, -0.05) is 0 Å². The van der Waals surface area contributed by atoms with Gasteiger partial charge in [-0.05, 0) is 6.92 Å². The number of carbonyl (C=O) groups is 1. The molecule has 0 aliphatic heterocycles. The minimum absolute atomic E-state index is 0.0615. The monoisotopic (exact) mass is 281 g/mol.